The fourth-order valence-electron chi connectivity index (χ4n) is 11.5. The maximum absolute atomic E-state index is 13.6. The zero-order valence-corrected chi connectivity index (χ0v) is 103. The van der Waals surface area contributed by atoms with E-state index >= 15 is 0 Å². The van der Waals surface area contributed by atoms with Crippen molar-refractivity contribution in [2.24, 2.45) is 22.5 Å². The van der Waals surface area contributed by atoms with E-state index in [0.717, 1.165) is 189 Å². The molecular formula is C118H268F8N14O6. The van der Waals surface area contributed by atoms with E-state index in [0.29, 0.717) is 18.6 Å². The topological polar surface area (TPSA) is 238 Å². The highest BCUT2D eigenvalue weighted by Crippen LogP contribution is 2.48. The van der Waals surface area contributed by atoms with Gasteiger partial charge in [0.15, 0.2) is 0 Å². The van der Waals surface area contributed by atoms with Crippen molar-refractivity contribution >= 4 is 0 Å². The van der Waals surface area contributed by atoms with E-state index in [1.54, 1.807) is 20.8 Å². The third-order valence-corrected chi connectivity index (χ3v) is 19.0. The van der Waals surface area contributed by atoms with E-state index in [1.807, 2.05) is 20.8 Å². The molecule has 0 aliphatic heterocycles. The van der Waals surface area contributed by atoms with Crippen molar-refractivity contribution in [3.05, 3.63) is 0 Å². The second-order valence-corrected chi connectivity index (χ2v) is 54.9. The zero-order valence-electron chi connectivity index (χ0n) is 103. The number of unbranched alkanes of at least 4 members (excludes halogenated alkanes) is 6. The first-order chi connectivity index (χ1) is 63.7. The Balaban J connectivity index is -0.000000125. The highest BCUT2D eigenvalue weighted by molar-refractivity contribution is 4.97. The Morgan fingerprint density at radius 2 is 0.342 bits per heavy atom. The minimum atomic E-state index is -5.42. The van der Waals surface area contributed by atoms with Crippen LogP contribution in [0.5, 0.6) is 0 Å². The highest BCUT2D eigenvalue weighted by atomic mass is 19.3. The SMILES string of the molecule is C.C.C.C.CC(C)(C)CCCOCCC(F)(F)CCNC(C)(C)C.CC(C)(C)CCCOCCCNC(C)(C)C.CC(C)(C)NCCC(F)(F)C(F)(F)C(F)(F)CCN.CC(C)(C)NCCCCCCCNC(C)(C)C.CC(C)(C)NCCCCOCCNC(C)(C)C.CC(C)(C)NCCCCOCCNC(C)(C)C.CC(C)(C)NCCCOCCCNC(C)(C)C.CC(C)(C)NCCOCCNC(C)(C)C.CC(C)C. The summed E-state index contributed by atoms with van der Waals surface area (Å²) in [5.41, 5.74) is 7.24. The van der Waals surface area contributed by atoms with E-state index in [-0.39, 0.29) is 121 Å². The van der Waals surface area contributed by atoms with Crippen LogP contribution >= 0.6 is 0 Å². The number of halogens is 8. The summed E-state index contributed by atoms with van der Waals surface area (Å²) in [5.74, 6) is -16.8. The molecule has 146 heavy (non-hydrogen) atoms. The quantitative estimate of drug-likeness (QED) is 0.0200. The van der Waals surface area contributed by atoms with Gasteiger partial charge in [0.1, 0.15) is 0 Å². The Morgan fingerprint density at radius 1 is 0.178 bits per heavy atom. The molecule has 0 spiro atoms. The number of alkyl halides is 8. The van der Waals surface area contributed by atoms with Gasteiger partial charge < -0.3 is 103 Å². The maximum Gasteiger partial charge on any atom is 0.371 e. The first-order valence-corrected chi connectivity index (χ1v) is 55.1. The average Bonchev–Trinajstić information content (AvgIpc) is 0.769. The molecule has 0 unspecified atom stereocenters. The number of hydrogen-bond acceptors (Lipinski definition) is 20. The fraction of sp³-hybridized carbons (Fsp3) is 1.00. The molecular weight excluding hydrogens is 1860 g/mol. The van der Waals surface area contributed by atoms with E-state index in [4.69, 9.17) is 34.2 Å². The van der Waals surface area contributed by atoms with Crippen molar-refractivity contribution in [2.75, 3.05) is 171 Å². The molecule has 28 heteroatoms. The Hall–Kier alpha value is -1.36. The van der Waals surface area contributed by atoms with Crippen LogP contribution in [0.25, 0.3) is 0 Å². The van der Waals surface area contributed by atoms with Crippen LogP contribution < -0.4 is 74.9 Å². The molecule has 0 amide bonds. The van der Waals surface area contributed by atoms with Crippen LogP contribution in [0.2, 0.25) is 0 Å². The van der Waals surface area contributed by atoms with Crippen molar-refractivity contribution in [2.45, 2.75) is 586 Å². The minimum Gasteiger partial charge on any atom is -0.381 e. The van der Waals surface area contributed by atoms with Crippen LogP contribution in [-0.2, 0) is 28.4 Å². The second kappa shape index (κ2) is 89.6. The molecule has 0 saturated carbocycles. The van der Waals surface area contributed by atoms with Gasteiger partial charge in [-0.15, -0.1) is 0 Å². The van der Waals surface area contributed by atoms with Crippen molar-refractivity contribution in [1.82, 2.24) is 69.1 Å². The van der Waals surface area contributed by atoms with Gasteiger partial charge in [-0.2, -0.15) is 26.3 Å². The summed E-state index contributed by atoms with van der Waals surface area (Å²) >= 11 is 0. The maximum atomic E-state index is 13.6. The van der Waals surface area contributed by atoms with Crippen LogP contribution in [0.15, 0.2) is 0 Å². The Bertz CT molecular complexity index is 2430. The average molecular weight is 2130 g/mol. The molecule has 20 nitrogen and oxygen atoms in total. The lowest BCUT2D eigenvalue weighted by Crippen LogP contribution is -2.56. The lowest BCUT2D eigenvalue weighted by Gasteiger charge is -2.33. The number of nitrogens with one attached hydrogen (secondary N) is 13. The number of hydrogen-bond donors (Lipinski definition) is 14. The van der Waals surface area contributed by atoms with Gasteiger partial charge in [0, 0.05) is 183 Å². The third kappa shape index (κ3) is 173. The van der Waals surface area contributed by atoms with Crippen LogP contribution in [0.4, 0.5) is 35.1 Å². The van der Waals surface area contributed by atoms with Crippen LogP contribution in [-0.4, -0.2) is 267 Å². The van der Waals surface area contributed by atoms with Gasteiger partial charge >= 0.3 is 17.8 Å². The fourth-order valence-corrected chi connectivity index (χ4v) is 11.5. The molecule has 0 radical (unpaired) electrons. The third-order valence-electron chi connectivity index (χ3n) is 19.0. The lowest BCUT2D eigenvalue weighted by molar-refractivity contribution is -0.311. The van der Waals surface area contributed by atoms with E-state index in [9.17, 15) is 35.1 Å². The van der Waals surface area contributed by atoms with Gasteiger partial charge in [-0.1, -0.05) is 111 Å². The molecule has 0 aliphatic carbocycles. The van der Waals surface area contributed by atoms with Gasteiger partial charge in [0.25, 0.3) is 5.92 Å². The van der Waals surface area contributed by atoms with Crippen LogP contribution in [0, 0.1) is 16.7 Å². The summed E-state index contributed by atoms with van der Waals surface area (Å²) in [6.07, 6.45) is 15.9. The van der Waals surface area contributed by atoms with Crippen molar-refractivity contribution in [3.8, 4) is 0 Å². The number of rotatable bonds is 61. The molecule has 0 heterocycles. The summed E-state index contributed by atoms with van der Waals surface area (Å²) in [5, 5.41) is 43.6. The first kappa shape index (κ1) is 172. The Morgan fingerprint density at radius 3 is 0.568 bits per heavy atom. The Labute approximate surface area is 907 Å². The summed E-state index contributed by atoms with van der Waals surface area (Å²) in [7, 11) is 0. The minimum absolute atomic E-state index is 0. The number of ether oxygens (including phenoxy) is 6. The second-order valence-electron chi connectivity index (χ2n) is 54.9. The normalized spacial score (nSPS) is 12.9. The molecule has 0 atom stereocenters. The molecule has 0 bridgehead atoms. The molecule has 0 aromatic carbocycles. The van der Waals surface area contributed by atoms with E-state index < -0.39 is 55.2 Å². The molecule has 0 rings (SSSR count). The monoisotopic (exact) mass is 2130 g/mol. The number of nitrogens with two attached hydrogens (primary N) is 1. The molecule has 902 valence electrons. The van der Waals surface area contributed by atoms with E-state index in [2.05, 4.69) is 360 Å². The van der Waals surface area contributed by atoms with Crippen molar-refractivity contribution < 1.29 is 63.5 Å². The van der Waals surface area contributed by atoms with E-state index in [1.165, 1.54) is 57.8 Å². The predicted octanol–water partition coefficient (Wildman–Crippen LogP) is 28.6. The smallest absolute Gasteiger partial charge is 0.371 e. The molecule has 0 aromatic rings. The van der Waals surface area contributed by atoms with Crippen molar-refractivity contribution in [3.63, 3.8) is 0 Å². The highest BCUT2D eigenvalue weighted by Gasteiger charge is 2.70. The summed E-state index contributed by atoms with van der Waals surface area (Å²) in [4.78, 5) is 0. The molecule has 0 aliphatic rings. The summed E-state index contributed by atoms with van der Waals surface area (Å²) in [6.45, 7) is 122. The predicted molar refractivity (Wildman–Crippen MR) is 633 cm³/mol. The van der Waals surface area contributed by atoms with Crippen molar-refractivity contribution in [1.29, 1.82) is 0 Å². The van der Waals surface area contributed by atoms with Crippen LogP contribution in [0.1, 0.15) is 490 Å². The van der Waals surface area contributed by atoms with Crippen LogP contribution in [0.3, 0.4) is 0 Å². The largest absolute Gasteiger partial charge is 0.381 e. The summed E-state index contributed by atoms with van der Waals surface area (Å²) in [6, 6.07) is 0. The van der Waals surface area contributed by atoms with Gasteiger partial charge in [-0.25, -0.2) is 8.78 Å². The van der Waals surface area contributed by atoms with Gasteiger partial charge in [-0.05, 0) is 423 Å². The standard InChI is InChI=1S/C16H33F2NO.C15H34N2.3C14H32N2O.C14H31NO.C12H28N2O.C11H20F6N2.C4H10.4CH4/c1-14(2,3)8-7-12-20-13-10-16(17,18)9-11-19-15(4,5)6;1-14(2,3)16-12-10-8-7-9-11-13-17-15(4,5)6;1-13(2,3)15-9-7-11-17-12-8-10-16-14(4,5)6;2*1-13(2,3)15-9-7-8-11-17-12-10-16-14(4,5)6;1-13(2,3)9-7-11-16-12-8-10-15-14(4,5)6;1-11(2,3)13-7-9-15-10-8-14-12(4,5)6;1-8(2,3)19-7-5-10(14,15)11(16,17)9(12,13)4-6-18;1-4(2)3;;;;/h19H,7-13H2,1-6H3;16-17H,7-13H2,1-6H3;3*15-16H,7-12H2,1-6H3;15H,7-12H2,1-6H3;13-14H,7-10H2,1-6H3;19H,4-7,18H2,1-3H3;4H,1-3H3;4*1H4. The van der Waals surface area contributed by atoms with Gasteiger partial charge in [-0.3, -0.25) is 0 Å². The first-order valence-electron chi connectivity index (χ1n) is 55.1. The molecule has 0 saturated heterocycles. The zero-order chi connectivity index (χ0) is 113. The van der Waals surface area contributed by atoms with Gasteiger partial charge in [0.2, 0.25) is 0 Å². The molecule has 0 fully saturated rings. The van der Waals surface area contributed by atoms with Gasteiger partial charge in [0.05, 0.1) is 33.0 Å². The lowest BCUT2D eigenvalue weighted by atomic mass is 9.91. The Kier molecular flexibility index (Phi) is 106. The summed E-state index contributed by atoms with van der Waals surface area (Å²) < 4.78 is 139. The molecule has 15 N–H and O–H groups in total. The molecule has 0 aromatic heterocycles.